The van der Waals surface area contributed by atoms with E-state index in [9.17, 15) is 13.2 Å². The number of amides is 1. The number of hydrogen-bond donors (Lipinski definition) is 2. The summed E-state index contributed by atoms with van der Waals surface area (Å²) in [6.07, 6.45) is 0.477. The number of benzene rings is 1. The third-order valence-electron chi connectivity index (χ3n) is 4.26. The van der Waals surface area contributed by atoms with Crippen LogP contribution in [0.3, 0.4) is 0 Å². The molecular weight excluding hydrogens is 344 g/mol. The van der Waals surface area contributed by atoms with Gasteiger partial charge in [-0.1, -0.05) is 12.1 Å². The Hall–Kier alpha value is -1.80. The molecule has 1 amide bonds. The van der Waals surface area contributed by atoms with E-state index in [0.29, 0.717) is 5.75 Å². The highest BCUT2D eigenvalue weighted by atomic mass is 32.2. The maximum atomic E-state index is 12.3. The van der Waals surface area contributed by atoms with Gasteiger partial charge in [-0.05, 0) is 38.5 Å². The van der Waals surface area contributed by atoms with Crippen molar-refractivity contribution in [2.45, 2.75) is 43.1 Å². The molecule has 0 heterocycles. The van der Waals surface area contributed by atoms with Crippen LogP contribution in [-0.2, 0) is 14.6 Å². The Morgan fingerprint density at radius 2 is 1.84 bits per heavy atom. The average Bonchev–Trinajstić information content (AvgIpc) is 3.14. The van der Waals surface area contributed by atoms with Crippen LogP contribution in [0.5, 0.6) is 5.75 Å². The summed E-state index contributed by atoms with van der Waals surface area (Å²) in [7, 11) is -1.88. The molecule has 0 bridgehead atoms. The smallest absolute Gasteiger partial charge is 0.408 e. The molecule has 140 valence electrons. The van der Waals surface area contributed by atoms with Crippen molar-refractivity contribution >= 4 is 15.9 Å². The van der Waals surface area contributed by atoms with E-state index in [1.165, 1.54) is 0 Å². The van der Waals surface area contributed by atoms with E-state index < -0.39 is 38.2 Å². The highest BCUT2D eigenvalue weighted by Crippen LogP contribution is 2.55. The summed E-state index contributed by atoms with van der Waals surface area (Å²) in [6.45, 7) is 5.21. The van der Waals surface area contributed by atoms with Crippen molar-refractivity contribution in [2.24, 2.45) is 5.73 Å². The topological polar surface area (TPSA) is 108 Å². The van der Waals surface area contributed by atoms with E-state index in [0.717, 1.165) is 11.8 Å². The van der Waals surface area contributed by atoms with Gasteiger partial charge in [-0.2, -0.15) is 0 Å². The second-order valence-electron chi connectivity index (χ2n) is 7.37. The first kappa shape index (κ1) is 19.5. The fourth-order valence-electron chi connectivity index (χ4n) is 3.25. The zero-order chi connectivity index (χ0) is 19.0. The van der Waals surface area contributed by atoms with Crippen LogP contribution in [0.25, 0.3) is 0 Å². The minimum atomic E-state index is -3.43. The summed E-state index contributed by atoms with van der Waals surface area (Å²) in [5.74, 6) is 0.227. The zero-order valence-electron chi connectivity index (χ0n) is 15.2. The van der Waals surface area contributed by atoms with Gasteiger partial charge in [0.1, 0.15) is 11.4 Å². The number of hydrogen-bond acceptors (Lipinski definition) is 6. The fourth-order valence-corrected chi connectivity index (χ4v) is 5.14. The van der Waals surface area contributed by atoms with Crippen LogP contribution < -0.4 is 15.8 Å². The second-order valence-corrected chi connectivity index (χ2v) is 9.54. The van der Waals surface area contributed by atoms with Gasteiger partial charge in [-0.15, -0.1) is 0 Å². The monoisotopic (exact) mass is 370 g/mol. The van der Waals surface area contributed by atoms with Gasteiger partial charge in [0.2, 0.25) is 0 Å². The fraction of sp³-hybridized carbons (Fsp3) is 0.588. The SMILES string of the molecule is COc1ccc([C@H]2[C@@H](S(C)(=O)=O)[C@@]2(CN)NC(=O)OC(C)(C)C)cc1. The standard InChI is InChI=1S/C17H26N2O5S/c1-16(2,3)24-15(20)19-17(10-18)13(14(17)25(5,21)22)11-6-8-12(23-4)9-7-11/h6-9,13-14H,10,18H2,1-5H3,(H,19,20)/t13-,14+,17-/m0/s1. The summed E-state index contributed by atoms with van der Waals surface area (Å²) in [6, 6.07) is 7.08. The van der Waals surface area contributed by atoms with Gasteiger partial charge in [0.05, 0.1) is 17.9 Å². The van der Waals surface area contributed by atoms with Gasteiger partial charge < -0.3 is 20.5 Å². The molecule has 0 aromatic heterocycles. The largest absolute Gasteiger partial charge is 0.497 e. The Bertz CT molecular complexity index is 739. The van der Waals surface area contributed by atoms with E-state index >= 15 is 0 Å². The van der Waals surface area contributed by atoms with Crippen LogP contribution in [-0.4, -0.2) is 50.8 Å². The molecule has 2 rings (SSSR count). The summed E-state index contributed by atoms with van der Waals surface area (Å²) < 4.78 is 34.9. The summed E-state index contributed by atoms with van der Waals surface area (Å²) >= 11 is 0. The second kappa shape index (κ2) is 6.49. The lowest BCUT2D eigenvalue weighted by Crippen LogP contribution is -2.48. The molecule has 1 saturated carbocycles. The average molecular weight is 370 g/mol. The number of sulfone groups is 1. The molecule has 1 fully saturated rings. The van der Waals surface area contributed by atoms with Gasteiger partial charge in [0.25, 0.3) is 0 Å². The highest BCUT2D eigenvalue weighted by molar-refractivity contribution is 7.91. The molecule has 0 radical (unpaired) electrons. The van der Waals surface area contributed by atoms with Gasteiger partial charge in [0, 0.05) is 18.7 Å². The van der Waals surface area contributed by atoms with E-state index in [1.807, 2.05) is 0 Å². The van der Waals surface area contributed by atoms with Crippen molar-refractivity contribution in [1.82, 2.24) is 5.32 Å². The molecule has 0 unspecified atom stereocenters. The molecule has 0 spiro atoms. The van der Waals surface area contributed by atoms with Crippen LogP contribution >= 0.6 is 0 Å². The zero-order valence-corrected chi connectivity index (χ0v) is 16.0. The molecule has 7 nitrogen and oxygen atoms in total. The van der Waals surface area contributed by atoms with Crippen LogP contribution in [0, 0.1) is 0 Å². The maximum Gasteiger partial charge on any atom is 0.408 e. The van der Waals surface area contributed by atoms with Crippen molar-refractivity contribution in [1.29, 1.82) is 0 Å². The maximum absolute atomic E-state index is 12.3. The van der Waals surface area contributed by atoms with E-state index in [2.05, 4.69) is 5.32 Å². The van der Waals surface area contributed by atoms with Gasteiger partial charge >= 0.3 is 6.09 Å². The summed E-state index contributed by atoms with van der Waals surface area (Å²) in [4.78, 5) is 12.2. The Balaban J connectivity index is 2.34. The minimum Gasteiger partial charge on any atom is -0.497 e. The van der Waals surface area contributed by atoms with E-state index in [1.54, 1.807) is 52.1 Å². The number of carbonyl (C=O) groups excluding carboxylic acids is 1. The molecule has 1 aromatic carbocycles. The molecule has 1 aliphatic carbocycles. The number of nitrogens with two attached hydrogens (primary N) is 1. The van der Waals surface area contributed by atoms with Crippen LogP contribution in [0.1, 0.15) is 32.3 Å². The molecule has 0 saturated heterocycles. The number of nitrogens with one attached hydrogen (secondary N) is 1. The molecule has 8 heteroatoms. The summed E-state index contributed by atoms with van der Waals surface area (Å²) in [5, 5.41) is 1.91. The Morgan fingerprint density at radius 1 is 1.28 bits per heavy atom. The van der Waals surface area contributed by atoms with Gasteiger partial charge in [0.15, 0.2) is 9.84 Å². The first-order chi connectivity index (χ1) is 11.4. The van der Waals surface area contributed by atoms with Crippen molar-refractivity contribution in [3.63, 3.8) is 0 Å². The highest BCUT2D eigenvalue weighted by Gasteiger charge is 2.70. The van der Waals surface area contributed by atoms with Crippen LogP contribution in [0.4, 0.5) is 4.79 Å². The lowest BCUT2D eigenvalue weighted by molar-refractivity contribution is 0.0497. The molecule has 1 aromatic rings. The predicted molar refractivity (Wildman–Crippen MR) is 95.5 cm³/mol. The molecule has 25 heavy (non-hydrogen) atoms. The number of rotatable bonds is 5. The Morgan fingerprint density at radius 3 is 2.24 bits per heavy atom. The number of methoxy groups -OCH3 is 1. The molecular formula is C17H26N2O5S. The quantitative estimate of drug-likeness (QED) is 0.812. The molecule has 3 atom stereocenters. The van der Waals surface area contributed by atoms with Crippen molar-refractivity contribution < 1.29 is 22.7 Å². The lowest BCUT2D eigenvalue weighted by atomic mass is 10.1. The summed E-state index contributed by atoms with van der Waals surface area (Å²) in [5.41, 5.74) is 4.90. The van der Waals surface area contributed by atoms with Gasteiger partial charge in [-0.25, -0.2) is 13.2 Å². The third kappa shape index (κ3) is 4.07. The van der Waals surface area contributed by atoms with Crippen LogP contribution in [0.2, 0.25) is 0 Å². The first-order valence-electron chi connectivity index (χ1n) is 7.98. The van der Waals surface area contributed by atoms with Crippen molar-refractivity contribution in [3.8, 4) is 5.75 Å². The van der Waals surface area contributed by atoms with Crippen LogP contribution in [0.15, 0.2) is 24.3 Å². The minimum absolute atomic E-state index is 0.0132. The lowest BCUT2D eigenvalue weighted by Gasteiger charge is -2.24. The van der Waals surface area contributed by atoms with E-state index in [4.69, 9.17) is 15.2 Å². The normalized spacial score (nSPS) is 26.0. The number of alkyl carbamates (subject to hydrolysis) is 1. The Kier molecular flexibility index (Phi) is 5.07. The van der Waals surface area contributed by atoms with Crippen molar-refractivity contribution in [2.75, 3.05) is 19.9 Å². The van der Waals surface area contributed by atoms with E-state index in [-0.39, 0.29) is 6.54 Å². The van der Waals surface area contributed by atoms with Crippen molar-refractivity contribution in [3.05, 3.63) is 29.8 Å². The first-order valence-corrected chi connectivity index (χ1v) is 9.94. The molecule has 3 N–H and O–H groups in total. The van der Waals surface area contributed by atoms with Gasteiger partial charge in [-0.3, -0.25) is 0 Å². The Labute approximate surface area is 148 Å². The molecule has 0 aliphatic heterocycles. The predicted octanol–water partition coefficient (Wildman–Crippen LogP) is 1.43. The number of ether oxygens (including phenoxy) is 2. The molecule has 1 aliphatic rings. The number of carbonyl (C=O) groups is 1. The third-order valence-corrected chi connectivity index (χ3v) is 5.88.